The number of thiophene rings is 1. The van der Waals surface area contributed by atoms with Crippen LogP contribution in [0.15, 0.2) is 12.3 Å². The summed E-state index contributed by atoms with van der Waals surface area (Å²) in [5.41, 5.74) is -1.04. The van der Waals surface area contributed by atoms with Crippen LogP contribution in [-0.2, 0) is 11.0 Å². The molecule has 176 valence electrons. The van der Waals surface area contributed by atoms with Crippen LogP contribution in [-0.4, -0.2) is 66.5 Å². The van der Waals surface area contributed by atoms with Gasteiger partial charge in [-0.2, -0.15) is 13.2 Å². The second-order valence-corrected chi connectivity index (χ2v) is 9.77. The summed E-state index contributed by atoms with van der Waals surface area (Å²) in [6.45, 7) is 9.42. The molecule has 0 radical (unpaired) electrons. The zero-order valence-corrected chi connectivity index (χ0v) is 19.6. The van der Waals surface area contributed by atoms with Gasteiger partial charge in [0.15, 0.2) is 0 Å². The van der Waals surface area contributed by atoms with E-state index < -0.39 is 23.2 Å². The van der Waals surface area contributed by atoms with Gasteiger partial charge in [0.1, 0.15) is 10.6 Å². The molecule has 2 N–H and O–H groups in total. The van der Waals surface area contributed by atoms with Gasteiger partial charge in [-0.25, -0.2) is 0 Å². The van der Waals surface area contributed by atoms with Gasteiger partial charge < -0.3 is 15.5 Å². The topological polar surface area (TPSA) is 77.6 Å². The fourth-order valence-corrected chi connectivity index (χ4v) is 5.27. The van der Waals surface area contributed by atoms with E-state index in [1.165, 1.54) is 7.05 Å². The number of hydrogen-bond donors (Lipinski definition) is 2. The van der Waals surface area contributed by atoms with E-state index in [0.29, 0.717) is 24.6 Å². The lowest BCUT2D eigenvalue weighted by molar-refractivity contribution is -0.136. The highest BCUT2D eigenvalue weighted by Crippen LogP contribution is 2.44. The zero-order valence-electron chi connectivity index (χ0n) is 18.8. The number of rotatable bonds is 5. The van der Waals surface area contributed by atoms with Crippen LogP contribution < -0.4 is 15.5 Å². The molecule has 1 aliphatic rings. The summed E-state index contributed by atoms with van der Waals surface area (Å²) in [6, 6.07) is 0.974. The number of fused-ring (bicyclic) bond motifs is 1. The van der Waals surface area contributed by atoms with Crippen molar-refractivity contribution in [3.8, 4) is 0 Å². The Balaban J connectivity index is 1.98. The minimum Gasteiger partial charge on any atom is -0.360 e. The molecule has 1 saturated heterocycles. The van der Waals surface area contributed by atoms with Gasteiger partial charge in [-0.05, 0) is 33.8 Å². The fourth-order valence-electron chi connectivity index (χ4n) is 3.95. The SMILES string of the molecule is CNC(=O)c1c(N2CCN(CC(=O)NC(C)C)C(C)(C)C2)sc2c(C(F)(F)F)ccnc12. The van der Waals surface area contributed by atoms with E-state index in [9.17, 15) is 22.8 Å². The molecule has 0 spiro atoms. The van der Waals surface area contributed by atoms with Crippen molar-refractivity contribution < 1.29 is 22.8 Å². The molecular weight excluding hydrogens is 443 g/mol. The number of halogens is 3. The molecule has 1 fully saturated rings. The van der Waals surface area contributed by atoms with Gasteiger partial charge in [0.05, 0.1) is 22.3 Å². The maximum absolute atomic E-state index is 13.6. The first-order valence-corrected chi connectivity index (χ1v) is 11.2. The molecule has 11 heteroatoms. The van der Waals surface area contributed by atoms with E-state index >= 15 is 0 Å². The number of piperazine rings is 1. The van der Waals surface area contributed by atoms with Gasteiger partial charge in [0.2, 0.25) is 5.91 Å². The van der Waals surface area contributed by atoms with Crippen molar-refractivity contribution in [3.63, 3.8) is 0 Å². The van der Waals surface area contributed by atoms with Gasteiger partial charge in [0, 0.05) is 44.5 Å². The van der Waals surface area contributed by atoms with Crippen LogP contribution in [0, 0.1) is 0 Å². The third-order valence-electron chi connectivity index (χ3n) is 5.46. The molecule has 7 nitrogen and oxygen atoms in total. The number of nitrogens with one attached hydrogen (secondary N) is 2. The fraction of sp³-hybridized carbons (Fsp3) is 0.571. The van der Waals surface area contributed by atoms with Crippen molar-refractivity contribution >= 4 is 38.4 Å². The predicted molar refractivity (Wildman–Crippen MR) is 119 cm³/mol. The molecule has 2 aromatic rings. The minimum atomic E-state index is -4.55. The third kappa shape index (κ3) is 4.83. The quantitative estimate of drug-likeness (QED) is 0.701. The van der Waals surface area contributed by atoms with E-state index in [4.69, 9.17) is 0 Å². The molecule has 0 bridgehead atoms. The first-order valence-electron chi connectivity index (χ1n) is 10.3. The Morgan fingerprint density at radius 2 is 1.97 bits per heavy atom. The molecule has 0 saturated carbocycles. The maximum Gasteiger partial charge on any atom is 0.417 e. The average molecular weight is 472 g/mol. The van der Waals surface area contributed by atoms with Crippen molar-refractivity contribution in [2.45, 2.75) is 45.5 Å². The van der Waals surface area contributed by atoms with Crippen LogP contribution in [0.3, 0.4) is 0 Å². The molecule has 2 aromatic heterocycles. The molecule has 2 amide bonds. The normalized spacial score (nSPS) is 17.1. The smallest absolute Gasteiger partial charge is 0.360 e. The number of carbonyl (C=O) groups excluding carboxylic acids is 2. The lowest BCUT2D eigenvalue weighted by Gasteiger charge is -2.47. The summed E-state index contributed by atoms with van der Waals surface area (Å²) < 4.78 is 40.7. The van der Waals surface area contributed by atoms with Gasteiger partial charge >= 0.3 is 6.18 Å². The number of amides is 2. The van der Waals surface area contributed by atoms with Crippen LogP contribution in [0.5, 0.6) is 0 Å². The van der Waals surface area contributed by atoms with Gasteiger partial charge in [-0.15, -0.1) is 11.3 Å². The van der Waals surface area contributed by atoms with Crippen LogP contribution in [0.25, 0.3) is 10.2 Å². The van der Waals surface area contributed by atoms with E-state index in [-0.39, 0.29) is 34.3 Å². The minimum absolute atomic E-state index is 0.0379. The number of anilines is 1. The summed E-state index contributed by atoms with van der Waals surface area (Å²) in [5, 5.41) is 5.87. The molecule has 32 heavy (non-hydrogen) atoms. The molecule has 0 atom stereocenters. The monoisotopic (exact) mass is 471 g/mol. The third-order valence-corrected chi connectivity index (χ3v) is 6.73. The van der Waals surface area contributed by atoms with E-state index in [1.807, 2.05) is 37.5 Å². The Kier molecular flexibility index (Phi) is 6.71. The summed E-state index contributed by atoms with van der Waals surface area (Å²) in [4.78, 5) is 33.0. The Morgan fingerprint density at radius 1 is 1.28 bits per heavy atom. The Morgan fingerprint density at radius 3 is 2.53 bits per heavy atom. The Hall–Kier alpha value is -2.40. The first kappa shape index (κ1) is 24.2. The van der Waals surface area contributed by atoms with Crippen molar-refractivity contribution in [1.82, 2.24) is 20.5 Å². The van der Waals surface area contributed by atoms with Crippen LogP contribution >= 0.6 is 11.3 Å². The van der Waals surface area contributed by atoms with Crippen LogP contribution in [0.2, 0.25) is 0 Å². The number of alkyl halides is 3. The van der Waals surface area contributed by atoms with Gasteiger partial charge in [-0.3, -0.25) is 19.5 Å². The zero-order chi connectivity index (χ0) is 23.8. The van der Waals surface area contributed by atoms with Gasteiger partial charge in [-0.1, -0.05) is 0 Å². The summed E-state index contributed by atoms with van der Waals surface area (Å²) in [6.07, 6.45) is -3.46. The molecule has 0 unspecified atom stereocenters. The maximum atomic E-state index is 13.6. The number of hydrogen-bond acceptors (Lipinski definition) is 6. The summed E-state index contributed by atoms with van der Waals surface area (Å²) >= 11 is 0.937. The van der Waals surface area contributed by atoms with E-state index in [2.05, 4.69) is 15.6 Å². The van der Waals surface area contributed by atoms with Gasteiger partial charge in [0.25, 0.3) is 5.91 Å². The summed E-state index contributed by atoms with van der Waals surface area (Å²) in [7, 11) is 1.44. The standard InChI is InChI=1S/C21H28F3N5O2S/c1-12(2)27-14(30)10-29-9-8-28(11-20(29,3)4)19-15(18(31)25-5)16-17(32-19)13(6-7-26-16)21(22,23)24/h6-7,12H,8-11H2,1-5H3,(H,25,31)(H,27,30). The van der Waals surface area contributed by atoms with E-state index in [0.717, 1.165) is 23.6 Å². The van der Waals surface area contributed by atoms with E-state index in [1.54, 1.807) is 0 Å². The predicted octanol–water partition coefficient (Wildman–Crippen LogP) is 3.10. The number of nitrogens with zero attached hydrogens (tertiary/aromatic N) is 3. The molecule has 1 aliphatic heterocycles. The number of aromatic nitrogens is 1. The highest BCUT2D eigenvalue weighted by atomic mass is 32.1. The largest absolute Gasteiger partial charge is 0.417 e. The molecular formula is C21H28F3N5O2S. The lowest BCUT2D eigenvalue weighted by atomic mass is 9.98. The molecule has 3 heterocycles. The second kappa shape index (κ2) is 8.86. The summed E-state index contributed by atoms with van der Waals surface area (Å²) in [5.74, 6) is -0.553. The highest BCUT2D eigenvalue weighted by Gasteiger charge is 2.39. The highest BCUT2D eigenvalue weighted by molar-refractivity contribution is 7.23. The molecule has 0 aromatic carbocycles. The number of carbonyl (C=O) groups is 2. The van der Waals surface area contributed by atoms with Crippen LogP contribution in [0.4, 0.5) is 18.2 Å². The van der Waals surface area contributed by atoms with Crippen molar-refractivity contribution in [2.75, 3.05) is 38.1 Å². The lowest BCUT2D eigenvalue weighted by Crippen LogP contribution is -2.61. The van der Waals surface area contributed by atoms with Crippen molar-refractivity contribution in [2.24, 2.45) is 0 Å². The first-order chi connectivity index (χ1) is 14.8. The second-order valence-electron chi connectivity index (χ2n) is 8.77. The number of pyridine rings is 1. The molecule has 0 aliphatic carbocycles. The molecule has 3 rings (SSSR count). The Bertz CT molecular complexity index is 1020. The average Bonchev–Trinajstić information content (AvgIpc) is 3.06. The van der Waals surface area contributed by atoms with Crippen molar-refractivity contribution in [1.29, 1.82) is 0 Å². The van der Waals surface area contributed by atoms with Crippen molar-refractivity contribution in [3.05, 3.63) is 23.4 Å². The Labute approximate surface area is 189 Å². The van der Waals surface area contributed by atoms with Crippen LogP contribution in [0.1, 0.15) is 43.6 Å².